The maximum absolute atomic E-state index is 12.4. The highest BCUT2D eigenvalue weighted by molar-refractivity contribution is 5.85. The zero-order chi connectivity index (χ0) is 14.7. The minimum absolute atomic E-state index is 0. The van der Waals surface area contributed by atoms with Crippen LogP contribution in [-0.4, -0.2) is 55.0 Å². The molecule has 0 aliphatic carbocycles. The number of hydrogen-bond acceptors (Lipinski definition) is 3. The van der Waals surface area contributed by atoms with E-state index in [0.717, 1.165) is 52.2 Å². The smallest absolute Gasteiger partial charge is 0.227 e. The van der Waals surface area contributed by atoms with E-state index in [1.165, 1.54) is 11.1 Å². The molecule has 0 bridgehead atoms. The summed E-state index contributed by atoms with van der Waals surface area (Å²) in [5.74, 6) is 0.573. The van der Waals surface area contributed by atoms with Crippen molar-refractivity contribution in [2.75, 3.05) is 39.3 Å². The third-order valence-electron chi connectivity index (χ3n) is 4.58. The van der Waals surface area contributed by atoms with Crippen molar-refractivity contribution >= 4 is 30.7 Å². The van der Waals surface area contributed by atoms with Gasteiger partial charge in [0.05, 0.1) is 5.92 Å². The molecule has 2 fully saturated rings. The van der Waals surface area contributed by atoms with Crippen molar-refractivity contribution in [3.8, 4) is 0 Å². The first-order valence-corrected chi connectivity index (χ1v) is 8.00. The van der Waals surface area contributed by atoms with E-state index in [0.29, 0.717) is 5.91 Å². The highest BCUT2D eigenvalue weighted by Crippen LogP contribution is 2.15. The Morgan fingerprint density at radius 3 is 2.57 bits per heavy atom. The van der Waals surface area contributed by atoms with Gasteiger partial charge in [-0.05, 0) is 25.5 Å². The molecule has 0 radical (unpaired) electrons. The van der Waals surface area contributed by atoms with Crippen molar-refractivity contribution in [1.29, 1.82) is 0 Å². The molecule has 0 aromatic heterocycles. The van der Waals surface area contributed by atoms with Crippen LogP contribution in [0.5, 0.6) is 0 Å². The fraction of sp³-hybridized carbons (Fsp3) is 0.588. The summed E-state index contributed by atoms with van der Waals surface area (Å²) >= 11 is 0. The van der Waals surface area contributed by atoms with Crippen LogP contribution in [0, 0.1) is 12.8 Å². The lowest BCUT2D eigenvalue weighted by Crippen LogP contribution is -2.50. The normalized spacial score (nSPS) is 21.4. The number of nitrogens with one attached hydrogen (secondary N) is 1. The third kappa shape index (κ3) is 5.35. The first-order chi connectivity index (χ1) is 10.2. The molecule has 2 heterocycles. The summed E-state index contributed by atoms with van der Waals surface area (Å²) in [6.07, 6.45) is 1.00. The van der Waals surface area contributed by atoms with Gasteiger partial charge in [0.1, 0.15) is 0 Å². The standard InChI is InChI=1S/C17H25N3O.2ClH/c1-14-3-2-4-15(11-14)13-19-7-9-20(10-8-19)17(21)16-5-6-18-12-16;;/h2-4,11,16,18H,5-10,12-13H2,1H3;2*1H. The first-order valence-electron chi connectivity index (χ1n) is 8.00. The van der Waals surface area contributed by atoms with E-state index in [-0.39, 0.29) is 30.7 Å². The Balaban J connectivity index is 0.00000132. The second-order valence-corrected chi connectivity index (χ2v) is 6.28. The van der Waals surface area contributed by atoms with E-state index in [1.807, 2.05) is 0 Å². The first kappa shape index (κ1) is 20.2. The van der Waals surface area contributed by atoms with Gasteiger partial charge in [-0.1, -0.05) is 29.8 Å². The summed E-state index contributed by atoms with van der Waals surface area (Å²) in [7, 11) is 0. The summed E-state index contributed by atoms with van der Waals surface area (Å²) in [5.41, 5.74) is 2.69. The SMILES string of the molecule is Cc1cccc(CN2CCN(C(=O)C3CCNC3)CC2)c1.Cl.Cl. The van der Waals surface area contributed by atoms with E-state index < -0.39 is 0 Å². The highest BCUT2D eigenvalue weighted by Gasteiger charge is 2.29. The molecule has 1 atom stereocenters. The average molecular weight is 360 g/mol. The Kier molecular flexibility index (Phi) is 8.34. The van der Waals surface area contributed by atoms with E-state index >= 15 is 0 Å². The number of benzene rings is 1. The van der Waals surface area contributed by atoms with Crippen molar-refractivity contribution in [2.24, 2.45) is 5.92 Å². The summed E-state index contributed by atoms with van der Waals surface area (Å²) in [4.78, 5) is 16.9. The van der Waals surface area contributed by atoms with E-state index in [9.17, 15) is 4.79 Å². The van der Waals surface area contributed by atoms with Crippen molar-refractivity contribution in [3.05, 3.63) is 35.4 Å². The van der Waals surface area contributed by atoms with Gasteiger partial charge in [-0.2, -0.15) is 0 Å². The molecule has 1 amide bonds. The molecule has 6 heteroatoms. The second kappa shape index (κ2) is 9.48. The molecule has 1 aromatic carbocycles. The van der Waals surface area contributed by atoms with Gasteiger partial charge in [-0.3, -0.25) is 9.69 Å². The van der Waals surface area contributed by atoms with Crippen molar-refractivity contribution in [2.45, 2.75) is 19.9 Å². The number of halogens is 2. The molecule has 2 aliphatic heterocycles. The Morgan fingerprint density at radius 1 is 1.22 bits per heavy atom. The zero-order valence-electron chi connectivity index (χ0n) is 13.7. The predicted octanol–water partition coefficient (Wildman–Crippen LogP) is 2.09. The van der Waals surface area contributed by atoms with Crippen LogP contribution in [0.3, 0.4) is 0 Å². The maximum Gasteiger partial charge on any atom is 0.227 e. The van der Waals surface area contributed by atoms with Crippen LogP contribution in [0.1, 0.15) is 17.5 Å². The topological polar surface area (TPSA) is 35.6 Å². The highest BCUT2D eigenvalue weighted by atomic mass is 35.5. The number of hydrogen-bond donors (Lipinski definition) is 1. The van der Waals surface area contributed by atoms with Crippen molar-refractivity contribution in [1.82, 2.24) is 15.1 Å². The Bertz CT molecular complexity index is 498. The van der Waals surface area contributed by atoms with Crippen LogP contribution < -0.4 is 5.32 Å². The Hall–Kier alpha value is -0.810. The lowest BCUT2D eigenvalue weighted by atomic mass is 10.1. The van der Waals surface area contributed by atoms with Gasteiger partial charge in [-0.25, -0.2) is 0 Å². The van der Waals surface area contributed by atoms with Crippen molar-refractivity contribution < 1.29 is 4.79 Å². The minimum atomic E-state index is 0. The maximum atomic E-state index is 12.4. The number of carbonyl (C=O) groups excluding carboxylic acids is 1. The summed E-state index contributed by atoms with van der Waals surface area (Å²) in [6.45, 7) is 8.71. The molecule has 2 saturated heterocycles. The monoisotopic (exact) mass is 359 g/mol. The van der Waals surface area contributed by atoms with Crippen LogP contribution in [0.25, 0.3) is 0 Å². The average Bonchev–Trinajstić information content (AvgIpc) is 3.01. The van der Waals surface area contributed by atoms with Crippen LogP contribution in [0.15, 0.2) is 24.3 Å². The van der Waals surface area contributed by atoms with Gasteiger partial charge in [-0.15, -0.1) is 24.8 Å². The minimum Gasteiger partial charge on any atom is -0.340 e. The molecule has 2 aliphatic rings. The summed E-state index contributed by atoms with van der Waals surface area (Å²) < 4.78 is 0. The van der Waals surface area contributed by atoms with E-state index in [2.05, 4.69) is 46.3 Å². The molecule has 1 N–H and O–H groups in total. The molecular weight excluding hydrogens is 333 g/mol. The molecule has 1 unspecified atom stereocenters. The van der Waals surface area contributed by atoms with Gasteiger partial charge in [0.2, 0.25) is 5.91 Å². The van der Waals surface area contributed by atoms with Gasteiger partial charge in [0.15, 0.2) is 0 Å². The fourth-order valence-electron chi connectivity index (χ4n) is 3.32. The predicted molar refractivity (Wildman–Crippen MR) is 98.5 cm³/mol. The molecule has 0 spiro atoms. The van der Waals surface area contributed by atoms with E-state index in [4.69, 9.17) is 0 Å². The van der Waals surface area contributed by atoms with E-state index in [1.54, 1.807) is 0 Å². The largest absolute Gasteiger partial charge is 0.340 e. The lowest BCUT2D eigenvalue weighted by molar-refractivity contribution is -0.136. The van der Waals surface area contributed by atoms with Crippen LogP contribution >= 0.6 is 24.8 Å². The number of amides is 1. The van der Waals surface area contributed by atoms with Crippen LogP contribution in [0.2, 0.25) is 0 Å². The quantitative estimate of drug-likeness (QED) is 0.897. The number of aryl methyl sites for hydroxylation is 1. The van der Waals surface area contributed by atoms with Gasteiger partial charge >= 0.3 is 0 Å². The lowest BCUT2D eigenvalue weighted by Gasteiger charge is -2.36. The summed E-state index contributed by atoms with van der Waals surface area (Å²) in [5, 5.41) is 3.28. The summed E-state index contributed by atoms with van der Waals surface area (Å²) in [6, 6.07) is 8.70. The molecule has 4 nitrogen and oxygen atoms in total. The number of rotatable bonds is 3. The van der Waals surface area contributed by atoms with Gasteiger partial charge in [0, 0.05) is 39.3 Å². The number of piperazine rings is 1. The molecule has 0 saturated carbocycles. The van der Waals surface area contributed by atoms with Crippen molar-refractivity contribution in [3.63, 3.8) is 0 Å². The molecule has 3 rings (SSSR count). The van der Waals surface area contributed by atoms with Gasteiger partial charge < -0.3 is 10.2 Å². The molecule has 1 aromatic rings. The second-order valence-electron chi connectivity index (χ2n) is 6.28. The van der Waals surface area contributed by atoms with Crippen LogP contribution in [-0.2, 0) is 11.3 Å². The van der Waals surface area contributed by atoms with Gasteiger partial charge in [0.25, 0.3) is 0 Å². The third-order valence-corrected chi connectivity index (χ3v) is 4.58. The number of carbonyl (C=O) groups is 1. The Morgan fingerprint density at radius 2 is 1.96 bits per heavy atom. The molecule has 130 valence electrons. The number of nitrogens with zero attached hydrogens (tertiary/aromatic N) is 2. The zero-order valence-corrected chi connectivity index (χ0v) is 15.3. The molecular formula is C17H27Cl2N3O. The fourth-order valence-corrected chi connectivity index (χ4v) is 3.32. The Labute approximate surface area is 151 Å². The molecule has 23 heavy (non-hydrogen) atoms. The van der Waals surface area contributed by atoms with Crippen LogP contribution in [0.4, 0.5) is 0 Å².